The Hall–Kier alpha value is -2.28. The second-order valence-electron chi connectivity index (χ2n) is 4.91. The number of carbonyl (C=O) groups is 2. The molecule has 1 aromatic carbocycles. The molecule has 0 aromatic heterocycles. The van der Waals surface area contributed by atoms with Gasteiger partial charge in [0.05, 0.1) is 13.7 Å². The summed E-state index contributed by atoms with van der Waals surface area (Å²) >= 11 is 0. The van der Waals surface area contributed by atoms with Crippen LogP contribution in [0.5, 0.6) is 11.5 Å². The van der Waals surface area contributed by atoms with Crippen molar-refractivity contribution in [3.8, 4) is 11.5 Å². The minimum absolute atomic E-state index is 0.00482. The van der Waals surface area contributed by atoms with Crippen LogP contribution in [0.15, 0.2) is 24.3 Å². The van der Waals surface area contributed by atoms with Crippen LogP contribution < -0.4 is 15.2 Å². The molecule has 1 saturated heterocycles. The van der Waals surface area contributed by atoms with Gasteiger partial charge in [0, 0.05) is 26.2 Å². The van der Waals surface area contributed by atoms with Crippen LogP contribution in [0.2, 0.25) is 0 Å². The molecule has 0 radical (unpaired) electrons. The van der Waals surface area contributed by atoms with Crippen LogP contribution >= 0.6 is 0 Å². The van der Waals surface area contributed by atoms with E-state index in [2.05, 4.69) is 0 Å². The van der Waals surface area contributed by atoms with E-state index in [9.17, 15) is 9.59 Å². The third kappa shape index (κ3) is 3.88. The fourth-order valence-electron chi connectivity index (χ4n) is 2.30. The molecule has 1 aromatic rings. The Bertz CT molecular complexity index is 527. The fraction of sp³-hybridized carbons (Fsp3) is 0.467. The highest BCUT2D eigenvalue weighted by Crippen LogP contribution is 2.25. The number of hydrogen-bond donors (Lipinski definition) is 1. The molecule has 0 unspecified atom stereocenters. The number of amides is 2. The summed E-state index contributed by atoms with van der Waals surface area (Å²) in [7, 11) is 1.55. The van der Waals surface area contributed by atoms with Crippen molar-refractivity contribution >= 4 is 11.8 Å². The normalized spacial score (nSPS) is 14.6. The van der Waals surface area contributed by atoms with Gasteiger partial charge >= 0.3 is 0 Å². The molecule has 7 nitrogen and oxygen atoms in total. The summed E-state index contributed by atoms with van der Waals surface area (Å²) in [5, 5.41) is 0. The smallest absolute Gasteiger partial charge is 0.260 e. The van der Waals surface area contributed by atoms with Crippen LogP contribution in [-0.4, -0.2) is 68.1 Å². The summed E-state index contributed by atoms with van der Waals surface area (Å²) in [4.78, 5) is 27.0. The van der Waals surface area contributed by atoms with E-state index < -0.39 is 0 Å². The number of ether oxygens (including phenoxy) is 2. The van der Waals surface area contributed by atoms with E-state index in [1.807, 2.05) is 12.1 Å². The van der Waals surface area contributed by atoms with Crippen LogP contribution in [-0.2, 0) is 9.59 Å². The standard InChI is InChI=1S/C15H21N3O4/c1-21-12-4-2-3-5-13(12)22-11-15(20)18-8-6-17(7-9-18)14(19)10-16/h2-5H,6-11,16H2,1H3. The summed E-state index contributed by atoms with van der Waals surface area (Å²) in [5.41, 5.74) is 5.33. The quantitative estimate of drug-likeness (QED) is 0.807. The molecule has 0 aliphatic carbocycles. The number of nitrogens with two attached hydrogens (primary N) is 1. The number of rotatable bonds is 5. The SMILES string of the molecule is COc1ccccc1OCC(=O)N1CCN(C(=O)CN)CC1. The van der Waals surface area contributed by atoms with E-state index in [1.165, 1.54) is 0 Å². The monoisotopic (exact) mass is 307 g/mol. The first kappa shape index (κ1) is 16.1. The molecule has 7 heteroatoms. The lowest BCUT2D eigenvalue weighted by Gasteiger charge is -2.34. The second kappa shape index (κ2) is 7.65. The van der Waals surface area contributed by atoms with E-state index in [-0.39, 0.29) is 25.0 Å². The van der Waals surface area contributed by atoms with Gasteiger partial charge in [-0.3, -0.25) is 9.59 Å². The number of nitrogens with zero attached hydrogens (tertiary/aromatic N) is 2. The van der Waals surface area contributed by atoms with Crippen molar-refractivity contribution in [2.75, 3.05) is 46.4 Å². The maximum Gasteiger partial charge on any atom is 0.260 e. The molecule has 1 fully saturated rings. The van der Waals surface area contributed by atoms with Gasteiger partial charge in [-0.15, -0.1) is 0 Å². The van der Waals surface area contributed by atoms with Crippen molar-refractivity contribution in [2.45, 2.75) is 0 Å². The van der Waals surface area contributed by atoms with Crippen LogP contribution in [0.4, 0.5) is 0 Å². The van der Waals surface area contributed by atoms with Crippen LogP contribution in [0.3, 0.4) is 0 Å². The first-order valence-electron chi connectivity index (χ1n) is 7.17. The molecule has 120 valence electrons. The predicted molar refractivity (Wildman–Crippen MR) is 80.7 cm³/mol. The van der Waals surface area contributed by atoms with Crippen LogP contribution in [0.1, 0.15) is 0 Å². The van der Waals surface area contributed by atoms with E-state index in [0.29, 0.717) is 37.7 Å². The summed E-state index contributed by atoms with van der Waals surface area (Å²) < 4.78 is 10.7. The number of benzene rings is 1. The molecule has 22 heavy (non-hydrogen) atoms. The Balaban J connectivity index is 1.82. The molecule has 1 aliphatic heterocycles. The molecule has 0 spiro atoms. The number of methoxy groups -OCH3 is 1. The number of carbonyl (C=O) groups excluding carboxylic acids is 2. The van der Waals surface area contributed by atoms with Crippen molar-refractivity contribution < 1.29 is 19.1 Å². The summed E-state index contributed by atoms with van der Waals surface area (Å²) in [6.07, 6.45) is 0. The van der Waals surface area contributed by atoms with Crippen molar-refractivity contribution in [2.24, 2.45) is 5.73 Å². The maximum atomic E-state index is 12.1. The van der Waals surface area contributed by atoms with E-state index in [4.69, 9.17) is 15.2 Å². The van der Waals surface area contributed by atoms with Gasteiger partial charge in [-0.05, 0) is 12.1 Å². The van der Waals surface area contributed by atoms with Crippen molar-refractivity contribution in [1.82, 2.24) is 9.80 Å². The van der Waals surface area contributed by atoms with Crippen molar-refractivity contribution in [3.63, 3.8) is 0 Å². The highest BCUT2D eigenvalue weighted by Gasteiger charge is 2.23. The number of para-hydroxylation sites is 2. The first-order chi connectivity index (χ1) is 10.7. The minimum atomic E-state index is -0.106. The Labute approximate surface area is 129 Å². The lowest BCUT2D eigenvalue weighted by atomic mass is 10.3. The highest BCUT2D eigenvalue weighted by atomic mass is 16.5. The van der Waals surface area contributed by atoms with Crippen LogP contribution in [0, 0.1) is 0 Å². The van der Waals surface area contributed by atoms with Gasteiger partial charge in [0.2, 0.25) is 5.91 Å². The molecular weight excluding hydrogens is 286 g/mol. The Morgan fingerprint density at radius 1 is 1.05 bits per heavy atom. The van der Waals surface area contributed by atoms with Crippen molar-refractivity contribution in [1.29, 1.82) is 0 Å². The van der Waals surface area contributed by atoms with E-state index >= 15 is 0 Å². The number of hydrogen-bond acceptors (Lipinski definition) is 5. The third-order valence-electron chi connectivity index (χ3n) is 3.58. The third-order valence-corrected chi connectivity index (χ3v) is 3.58. The average Bonchev–Trinajstić information content (AvgIpc) is 2.59. The van der Waals surface area contributed by atoms with Gasteiger partial charge < -0.3 is 25.0 Å². The molecule has 2 amide bonds. The zero-order chi connectivity index (χ0) is 15.9. The minimum Gasteiger partial charge on any atom is -0.493 e. The number of piperazine rings is 1. The van der Waals surface area contributed by atoms with E-state index in [0.717, 1.165) is 0 Å². The molecule has 0 atom stereocenters. The molecule has 0 saturated carbocycles. The lowest BCUT2D eigenvalue weighted by Crippen LogP contribution is -2.52. The molecule has 2 N–H and O–H groups in total. The zero-order valence-electron chi connectivity index (χ0n) is 12.7. The molecule has 2 rings (SSSR count). The average molecular weight is 307 g/mol. The van der Waals surface area contributed by atoms with Gasteiger partial charge in [0.15, 0.2) is 18.1 Å². The van der Waals surface area contributed by atoms with Gasteiger partial charge in [0.1, 0.15) is 0 Å². The Kier molecular flexibility index (Phi) is 5.60. The fourth-order valence-corrected chi connectivity index (χ4v) is 2.30. The van der Waals surface area contributed by atoms with Gasteiger partial charge in [-0.2, -0.15) is 0 Å². The van der Waals surface area contributed by atoms with Gasteiger partial charge in [-0.1, -0.05) is 12.1 Å². The van der Waals surface area contributed by atoms with Gasteiger partial charge in [0.25, 0.3) is 5.91 Å². The summed E-state index contributed by atoms with van der Waals surface area (Å²) in [6.45, 7) is 1.97. The zero-order valence-corrected chi connectivity index (χ0v) is 12.7. The van der Waals surface area contributed by atoms with E-state index in [1.54, 1.807) is 29.0 Å². The summed E-state index contributed by atoms with van der Waals surface area (Å²) in [6, 6.07) is 7.18. The maximum absolute atomic E-state index is 12.1. The topological polar surface area (TPSA) is 85.1 Å². The van der Waals surface area contributed by atoms with Crippen LogP contribution in [0.25, 0.3) is 0 Å². The largest absolute Gasteiger partial charge is 0.493 e. The first-order valence-corrected chi connectivity index (χ1v) is 7.17. The second-order valence-corrected chi connectivity index (χ2v) is 4.91. The van der Waals surface area contributed by atoms with Gasteiger partial charge in [-0.25, -0.2) is 0 Å². The molecular formula is C15H21N3O4. The molecule has 1 aliphatic rings. The Morgan fingerprint density at radius 3 is 2.14 bits per heavy atom. The van der Waals surface area contributed by atoms with Crippen molar-refractivity contribution in [3.05, 3.63) is 24.3 Å². The highest BCUT2D eigenvalue weighted by molar-refractivity contribution is 5.80. The predicted octanol–water partition coefficient (Wildman–Crippen LogP) is -0.296. The molecule has 0 bridgehead atoms. The Morgan fingerprint density at radius 2 is 1.59 bits per heavy atom. The lowest BCUT2D eigenvalue weighted by molar-refractivity contribution is -0.140. The molecule has 1 heterocycles. The summed E-state index contributed by atoms with van der Waals surface area (Å²) in [5.74, 6) is 0.937.